The molecule has 100 valence electrons. The summed E-state index contributed by atoms with van der Waals surface area (Å²) in [4.78, 5) is 4.37. The number of benzene rings is 2. The molecule has 1 unspecified atom stereocenters. The predicted octanol–water partition coefficient (Wildman–Crippen LogP) is 4.24. The van der Waals surface area contributed by atoms with Gasteiger partial charge >= 0.3 is 0 Å². The quantitative estimate of drug-likeness (QED) is 0.763. The van der Waals surface area contributed by atoms with Crippen LogP contribution in [0, 0.1) is 6.92 Å². The molecule has 0 aliphatic rings. The minimum Gasteiger partial charge on any atom is -0.320 e. The number of rotatable bonds is 2. The van der Waals surface area contributed by atoms with Gasteiger partial charge in [0, 0.05) is 16.6 Å². The summed E-state index contributed by atoms with van der Waals surface area (Å²) in [5.74, 6) is 0. The third-order valence-electron chi connectivity index (χ3n) is 3.54. The summed E-state index contributed by atoms with van der Waals surface area (Å²) in [5, 5.41) is 1.86. The van der Waals surface area contributed by atoms with Crippen molar-refractivity contribution in [2.45, 2.75) is 13.0 Å². The Hall–Kier alpha value is -1.90. The Bertz CT molecular complexity index is 768. The van der Waals surface area contributed by atoms with Gasteiger partial charge in [0.2, 0.25) is 0 Å². The molecule has 0 radical (unpaired) electrons. The highest BCUT2D eigenvalue weighted by Gasteiger charge is 2.11. The lowest BCUT2D eigenvalue weighted by molar-refractivity contribution is 0.872. The first-order valence-electron chi connectivity index (χ1n) is 6.51. The molecular formula is C17H15ClN2. The molecule has 0 aliphatic carbocycles. The minimum atomic E-state index is -0.195. The van der Waals surface area contributed by atoms with Crippen LogP contribution in [0.4, 0.5) is 0 Å². The van der Waals surface area contributed by atoms with Gasteiger partial charge in [-0.25, -0.2) is 0 Å². The van der Waals surface area contributed by atoms with Gasteiger partial charge in [-0.05, 0) is 41.8 Å². The smallest absolute Gasteiger partial charge is 0.0705 e. The Morgan fingerprint density at radius 2 is 1.80 bits per heavy atom. The number of hydrogen-bond donors (Lipinski definition) is 1. The van der Waals surface area contributed by atoms with E-state index in [2.05, 4.69) is 4.98 Å². The number of nitrogens with zero attached hydrogens (tertiary/aromatic N) is 1. The molecular weight excluding hydrogens is 268 g/mol. The Balaban J connectivity index is 2.02. The van der Waals surface area contributed by atoms with E-state index >= 15 is 0 Å². The van der Waals surface area contributed by atoms with Crippen LogP contribution in [0.1, 0.15) is 22.7 Å². The summed E-state index contributed by atoms with van der Waals surface area (Å²) in [7, 11) is 0. The molecule has 2 aromatic carbocycles. The third kappa shape index (κ3) is 2.40. The van der Waals surface area contributed by atoms with E-state index in [0.717, 1.165) is 32.6 Å². The van der Waals surface area contributed by atoms with Crippen molar-refractivity contribution in [3.63, 3.8) is 0 Å². The van der Waals surface area contributed by atoms with Crippen molar-refractivity contribution in [3.05, 3.63) is 76.4 Å². The molecule has 2 N–H and O–H groups in total. The van der Waals surface area contributed by atoms with Gasteiger partial charge < -0.3 is 5.73 Å². The molecule has 3 rings (SSSR count). The van der Waals surface area contributed by atoms with Crippen molar-refractivity contribution >= 4 is 22.5 Å². The van der Waals surface area contributed by atoms with Crippen LogP contribution < -0.4 is 5.73 Å². The summed E-state index contributed by atoms with van der Waals surface area (Å²) in [5.41, 5.74) is 10.4. The predicted molar refractivity (Wildman–Crippen MR) is 84.0 cm³/mol. The average Bonchev–Trinajstić information content (AvgIpc) is 2.49. The van der Waals surface area contributed by atoms with Crippen LogP contribution in [0.25, 0.3) is 10.9 Å². The molecule has 0 fully saturated rings. The van der Waals surface area contributed by atoms with E-state index in [1.54, 1.807) is 6.20 Å². The minimum absolute atomic E-state index is 0.195. The zero-order valence-electron chi connectivity index (χ0n) is 11.2. The maximum absolute atomic E-state index is 6.34. The first-order chi connectivity index (χ1) is 9.65. The number of fused-ring (bicyclic) bond motifs is 1. The van der Waals surface area contributed by atoms with Crippen LogP contribution in [0.2, 0.25) is 5.02 Å². The molecule has 0 saturated heterocycles. The van der Waals surface area contributed by atoms with E-state index in [4.69, 9.17) is 17.3 Å². The molecule has 0 aliphatic heterocycles. The van der Waals surface area contributed by atoms with Crippen LogP contribution in [-0.2, 0) is 0 Å². The second kappa shape index (κ2) is 5.23. The molecule has 1 aromatic heterocycles. The van der Waals surface area contributed by atoms with Gasteiger partial charge in [-0.2, -0.15) is 0 Å². The highest BCUT2D eigenvalue weighted by atomic mass is 35.5. The number of pyridine rings is 1. The van der Waals surface area contributed by atoms with E-state index in [9.17, 15) is 0 Å². The topological polar surface area (TPSA) is 38.9 Å². The van der Waals surface area contributed by atoms with Gasteiger partial charge in [-0.1, -0.05) is 41.9 Å². The summed E-state index contributed by atoms with van der Waals surface area (Å²) in [6.45, 7) is 1.98. The Kier molecular flexibility index (Phi) is 3.43. The Morgan fingerprint density at radius 3 is 2.60 bits per heavy atom. The van der Waals surface area contributed by atoms with Crippen molar-refractivity contribution in [1.29, 1.82) is 0 Å². The van der Waals surface area contributed by atoms with Crippen LogP contribution in [-0.4, -0.2) is 4.98 Å². The van der Waals surface area contributed by atoms with Gasteiger partial charge in [-0.15, -0.1) is 0 Å². The molecule has 0 spiro atoms. The summed E-state index contributed by atoms with van der Waals surface area (Å²) < 4.78 is 0. The van der Waals surface area contributed by atoms with E-state index in [1.165, 1.54) is 0 Å². The molecule has 0 saturated carbocycles. The molecule has 3 heteroatoms. The van der Waals surface area contributed by atoms with Crippen LogP contribution in [0.3, 0.4) is 0 Å². The maximum atomic E-state index is 6.34. The van der Waals surface area contributed by atoms with Crippen molar-refractivity contribution in [2.75, 3.05) is 0 Å². The molecule has 1 heterocycles. The van der Waals surface area contributed by atoms with Crippen LogP contribution >= 0.6 is 11.6 Å². The van der Waals surface area contributed by atoms with Gasteiger partial charge in [-0.3, -0.25) is 4.98 Å². The molecule has 0 amide bonds. The fourth-order valence-electron chi connectivity index (χ4n) is 2.27. The zero-order valence-corrected chi connectivity index (χ0v) is 11.9. The maximum Gasteiger partial charge on any atom is 0.0705 e. The van der Waals surface area contributed by atoms with E-state index in [1.807, 2.05) is 55.5 Å². The first kappa shape index (κ1) is 13.1. The second-order valence-electron chi connectivity index (χ2n) is 4.94. The normalized spacial score (nSPS) is 12.6. The van der Waals surface area contributed by atoms with Crippen LogP contribution in [0.15, 0.2) is 54.7 Å². The third-order valence-corrected chi connectivity index (χ3v) is 3.95. The fraction of sp³-hybridized carbons (Fsp3) is 0.118. The Morgan fingerprint density at radius 1 is 1.05 bits per heavy atom. The van der Waals surface area contributed by atoms with Gasteiger partial charge in [0.25, 0.3) is 0 Å². The number of aromatic nitrogens is 1. The van der Waals surface area contributed by atoms with E-state index < -0.39 is 0 Å². The average molecular weight is 283 g/mol. The van der Waals surface area contributed by atoms with E-state index in [-0.39, 0.29) is 6.04 Å². The summed E-state index contributed by atoms with van der Waals surface area (Å²) in [6.07, 6.45) is 1.79. The number of halogens is 1. The van der Waals surface area contributed by atoms with Crippen molar-refractivity contribution in [3.8, 4) is 0 Å². The van der Waals surface area contributed by atoms with E-state index in [0.29, 0.717) is 0 Å². The number of nitrogens with two attached hydrogens (primary N) is 1. The van der Waals surface area contributed by atoms with Crippen molar-refractivity contribution < 1.29 is 0 Å². The molecule has 0 bridgehead atoms. The second-order valence-corrected chi connectivity index (χ2v) is 5.35. The summed E-state index contributed by atoms with van der Waals surface area (Å²) >= 11 is 6.17. The molecule has 2 nitrogen and oxygen atoms in total. The zero-order chi connectivity index (χ0) is 14.1. The standard InChI is InChI=1S/C17H15ClN2/c1-11-4-5-13(9-15(11)18)17(19)14-7-6-12-3-2-8-20-16(12)10-14/h2-10,17H,19H2,1H3. The summed E-state index contributed by atoms with van der Waals surface area (Å²) in [6, 6.07) is 15.9. The first-order valence-corrected chi connectivity index (χ1v) is 6.89. The van der Waals surface area contributed by atoms with Gasteiger partial charge in [0.15, 0.2) is 0 Å². The molecule has 20 heavy (non-hydrogen) atoms. The lowest BCUT2D eigenvalue weighted by Crippen LogP contribution is -2.11. The lowest BCUT2D eigenvalue weighted by Gasteiger charge is -2.14. The van der Waals surface area contributed by atoms with Crippen molar-refractivity contribution in [1.82, 2.24) is 4.98 Å². The monoisotopic (exact) mass is 282 g/mol. The highest BCUT2D eigenvalue weighted by Crippen LogP contribution is 2.26. The SMILES string of the molecule is Cc1ccc(C(N)c2ccc3cccnc3c2)cc1Cl. The molecule has 3 aromatic rings. The molecule has 1 atom stereocenters. The van der Waals surface area contributed by atoms with Crippen molar-refractivity contribution in [2.24, 2.45) is 5.73 Å². The Labute approximate surface area is 123 Å². The lowest BCUT2D eigenvalue weighted by atomic mass is 9.97. The van der Waals surface area contributed by atoms with Gasteiger partial charge in [0.05, 0.1) is 11.6 Å². The largest absolute Gasteiger partial charge is 0.320 e. The van der Waals surface area contributed by atoms with Crippen LogP contribution in [0.5, 0.6) is 0 Å². The fourth-order valence-corrected chi connectivity index (χ4v) is 2.46. The highest BCUT2D eigenvalue weighted by molar-refractivity contribution is 6.31. The number of aryl methyl sites for hydroxylation is 1. The number of hydrogen-bond acceptors (Lipinski definition) is 2. The van der Waals surface area contributed by atoms with Gasteiger partial charge in [0.1, 0.15) is 0 Å².